The third-order valence-corrected chi connectivity index (χ3v) is 9.06. The Balaban J connectivity index is 1.40. The van der Waals surface area contributed by atoms with Crippen molar-refractivity contribution in [2.75, 3.05) is 6.61 Å². The molecule has 1 heterocycles. The van der Waals surface area contributed by atoms with Gasteiger partial charge in [-0.25, -0.2) is 0 Å². The number of imide groups is 1. The quantitative estimate of drug-likeness (QED) is 0.220. The molecule has 1 saturated carbocycles. The third-order valence-electron chi connectivity index (χ3n) is 6.54. The van der Waals surface area contributed by atoms with Crippen LogP contribution in [0.1, 0.15) is 24.5 Å². The lowest BCUT2D eigenvalue weighted by Crippen LogP contribution is -2.28. The van der Waals surface area contributed by atoms with Gasteiger partial charge in [0.05, 0.1) is 29.1 Å². The van der Waals surface area contributed by atoms with Crippen LogP contribution in [-0.4, -0.2) is 29.6 Å². The second-order valence-corrected chi connectivity index (χ2v) is 10.5. The number of carbonyl (C=O) groups excluding carboxylic acids is 2. The number of hydrazone groups is 1. The molecule has 0 radical (unpaired) electrons. The summed E-state index contributed by atoms with van der Waals surface area (Å²) in [5, 5.41) is 5.94. The van der Waals surface area contributed by atoms with Crippen molar-refractivity contribution in [3.05, 3.63) is 67.6 Å². The minimum atomic E-state index is -0.283. The van der Waals surface area contributed by atoms with E-state index in [0.29, 0.717) is 37.6 Å². The van der Waals surface area contributed by atoms with Gasteiger partial charge in [-0.3, -0.25) is 9.59 Å². The van der Waals surface area contributed by atoms with E-state index in [-0.39, 0.29) is 42.1 Å². The highest BCUT2D eigenvalue weighted by molar-refractivity contribution is 9.13. The highest BCUT2D eigenvalue weighted by atomic mass is 79.9. The van der Waals surface area contributed by atoms with Crippen LogP contribution >= 0.6 is 43.5 Å². The van der Waals surface area contributed by atoms with Gasteiger partial charge < -0.3 is 9.47 Å². The molecule has 176 valence electrons. The van der Waals surface area contributed by atoms with Crippen molar-refractivity contribution in [1.29, 1.82) is 0 Å². The third kappa shape index (κ3) is 3.99. The number of hydrogen-bond acceptors (Lipinski definition) is 5. The van der Waals surface area contributed by atoms with Gasteiger partial charge >= 0.3 is 0 Å². The molecule has 1 saturated heterocycles. The van der Waals surface area contributed by atoms with E-state index in [1.54, 1.807) is 6.07 Å². The van der Waals surface area contributed by atoms with Crippen LogP contribution < -0.4 is 9.47 Å². The zero-order valence-corrected chi connectivity index (χ0v) is 22.1. The Bertz CT molecular complexity index is 1200. The van der Waals surface area contributed by atoms with E-state index < -0.39 is 0 Å². The lowest BCUT2D eigenvalue weighted by atomic mass is 9.85. The lowest BCUT2D eigenvalue weighted by molar-refractivity contribution is -0.140. The summed E-state index contributed by atoms with van der Waals surface area (Å²) < 4.78 is 13.2. The van der Waals surface area contributed by atoms with E-state index in [2.05, 4.69) is 49.1 Å². The maximum atomic E-state index is 12.9. The Labute approximate surface area is 219 Å². The maximum Gasteiger partial charge on any atom is 0.254 e. The van der Waals surface area contributed by atoms with Crippen LogP contribution in [-0.2, 0) is 16.2 Å². The van der Waals surface area contributed by atoms with Gasteiger partial charge in [-0.05, 0) is 69.2 Å². The van der Waals surface area contributed by atoms with E-state index in [1.165, 1.54) is 6.21 Å². The number of halogens is 3. The molecule has 2 amide bonds. The minimum absolute atomic E-state index is 0.145. The highest BCUT2D eigenvalue weighted by Gasteiger charge is 2.59. The number of amides is 2. The molecule has 6 nitrogen and oxygen atoms in total. The summed E-state index contributed by atoms with van der Waals surface area (Å²) in [4.78, 5) is 25.8. The first-order valence-corrected chi connectivity index (χ1v) is 13.0. The summed E-state index contributed by atoms with van der Waals surface area (Å²) in [7, 11) is 0. The van der Waals surface area contributed by atoms with Crippen molar-refractivity contribution in [1.82, 2.24) is 5.01 Å². The molecule has 2 aliphatic carbocycles. The van der Waals surface area contributed by atoms with Crippen LogP contribution in [0.3, 0.4) is 0 Å². The molecular weight excluding hydrogens is 588 g/mol. The number of benzene rings is 2. The molecular formula is C25H21Br2ClN2O4. The van der Waals surface area contributed by atoms with E-state index in [4.69, 9.17) is 21.1 Å². The standard InChI is InChI=1S/C25H21Br2ClN2O4/c1-2-33-18-10-16(21(26)22(27)23(18)34-12-15-5-3-4-6-17(15)28)11-29-30-24(31)19-13-7-8-14(9-13)20(19)25(30)32/h3-8,10-11,13-14,19-20H,2,9,12H2,1H3/t13-,14-,19-,20+/m0/s1. The number of ether oxygens (including phenoxy) is 2. The normalized spacial score (nSPS) is 25.0. The molecule has 0 aromatic heterocycles. The summed E-state index contributed by atoms with van der Waals surface area (Å²) in [5.74, 6) is 0.300. The lowest BCUT2D eigenvalue weighted by Gasteiger charge is -2.17. The molecule has 9 heteroatoms. The first-order chi connectivity index (χ1) is 16.4. The fourth-order valence-corrected chi connectivity index (χ4v) is 6.11. The van der Waals surface area contributed by atoms with E-state index >= 15 is 0 Å². The van der Waals surface area contributed by atoms with Gasteiger partial charge in [-0.15, -0.1) is 0 Å². The summed E-state index contributed by atoms with van der Waals surface area (Å²) in [5.41, 5.74) is 1.49. The Morgan fingerprint density at radius 2 is 1.76 bits per heavy atom. The van der Waals surface area contributed by atoms with Gasteiger partial charge in [0.2, 0.25) is 0 Å². The molecule has 0 unspecified atom stereocenters. The Morgan fingerprint density at radius 1 is 1.09 bits per heavy atom. The molecule has 0 N–H and O–H groups in total. The predicted octanol–water partition coefficient (Wildman–Crippen LogP) is 5.98. The molecule has 2 aromatic carbocycles. The number of fused-ring (bicyclic) bond motifs is 5. The largest absolute Gasteiger partial charge is 0.490 e. The number of carbonyl (C=O) groups is 2. The molecule has 3 aliphatic rings. The summed E-state index contributed by atoms with van der Waals surface area (Å²) in [6, 6.07) is 9.23. The van der Waals surface area contributed by atoms with Crippen LogP contribution in [0, 0.1) is 23.7 Å². The first kappa shape index (κ1) is 23.6. The second-order valence-electron chi connectivity index (χ2n) is 8.47. The second kappa shape index (κ2) is 9.47. The van der Waals surface area contributed by atoms with Gasteiger partial charge in [0, 0.05) is 20.6 Å². The topological polar surface area (TPSA) is 68.2 Å². The predicted molar refractivity (Wildman–Crippen MR) is 136 cm³/mol. The molecule has 1 aliphatic heterocycles. The van der Waals surface area contributed by atoms with Crippen molar-refractivity contribution in [2.45, 2.75) is 20.0 Å². The average molecular weight is 609 g/mol. The first-order valence-electron chi connectivity index (χ1n) is 11.0. The molecule has 5 rings (SSSR count). The zero-order chi connectivity index (χ0) is 24.0. The number of nitrogens with zero attached hydrogens (tertiary/aromatic N) is 2. The van der Waals surface area contributed by atoms with Crippen molar-refractivity contribution < 1.29 is 19.1 Å². The van der Waals surface area contributed by atoms with Crippen molar-refractivity contribution >= 4 is 61.5 Å². The molecule has 34 heavy (non-hydrogen) atoms. The van der Waals surface area contributed by atoms with Crippen LogP contribution in [0.2, 0.25) is 5.02 Å². The molecule has 2 bridgehead atoms. The van der Waals surface area contributed by atoms with Gasteiger partial charge in [-0.2, -0.15) is 10.1 Å². The molecule has 0 spiro atoms. The fourth-order valence-electron chi connectivity index (χ4n) is 4.98. The van der Waals surface area contributed by atoms with Gasteiger partial charge in [-0.1, -0.05) is 42.0 Å². The SMILES string of the molecule is CCOc1cc(C=NN2C(=O)[C@@H]3[C@H](C2=O)[C@H]2C=C[C@H]3C2)c(Br)c(Br)c1OCc1ccccc1Cl. The Morgan fingerprint density at radius 3 is 2.41 bits per heavy atom. The Kier molecular flexibility index (Phi) is 6.57. The van der Waals surface area contributed by atoms with Crippen molar-refractivity contribution in [2.24, 2.45) is 28.8 Å². The summed E-state index contributed by atoms with van der Waals surface area (Å²) >= 11 is 13.4. The minimum Gasteiger partial charge on any atom is -0.490 e. The van der Waals surface area contributed by atoms with E-state index in [0.717, 1.165) is 17.0 Å². The van der Waals surface area contributed by atoms with Gasteiger partial charge in [0.1, 0.15) is 6.61 Å². The smallest absolute Gasteiger partial charge is 0.254 e. The van der Waals surface area contributed by atoms with Crippen molar-refractivity contribution in [3.8, 4) is 11.5 Å². The average Bonchev–Trinajstić information content (AvgIpc) is 3.50. The molecule has 4 atom stereocenters. The van der Waals surface area contributed by atoms with Gasteiger partial charge in [0.25, 0.3) is 11.8 Å². The van der Waals surface area contributed by atoms with Crippen LogP contribution in [0.15, 0.2) is 56.5 Å². The van der Waals surface area contributed by atoms with Crippen LogP contribution in [0.5, 0.6) is 11.5 Å². The van der Waals surface area contributed by atoms with E-state index in [1.807, 2.05) is 31.2 Å². The van der Waals surface area contributed by atoms with Crippen LogP contribution in [0.4, 0.5) is 0 Å². The zero-order valence-electron chi connectivity index (χ0n) is 18.2. The highest BCUT2D eigenvalue weighted by Crippen LogP contribution is 2.52. The van der Waals surface area contributed by atoms with Gasteiger partial charge in [0.15, 0.2) is 11.5 Å². The summed E-state index contributed by atoms with van der Waals surface area (Å²) in [6.45, 7) is 2.56. The Hall–Kier alpha value is -2.16. The number of rotatable bonds is 7. The fraction of sp³-hybridized carbons (Fsp3) is 0.320. The van der Waals surface area contributed by atoms with Crippen molar-refractivity contribution in [3.63, 3.8) is 0 Å². The van der Waals surface area contributed by atoms with E-state index in [9.17, 15) is 9.59 Å². The number of hydrogen-bond donors (Lipinski definition) is 0. The molecule has 2 fully saturated rings. The van der Waals surface area contributed by atoms with Crippen LogP contribution in [0.25, 0.3) is 0 Å². The summed E-state index contributed by atoms with van der Waals surface area (Å²) in [6.07, 6.45) is 6.51. The number of allylic oxidation sites excluding steroid dienone is 2. The maximum absolute atomic E-state index is 12.9. The molecule has 2 aromatic rings. The monoisotopic (exact) mass is 606 g/mol.